The minimum Gasteiger partial charge on any atom is -0.376 e. The van der Waals surface area contributed by atoms with Crippen molar-refractivity contribution in [3.8, 4) is 0 Å². The van der Waals surface area contributed by atoms with Gasteiger partial charge in [0.2, 0.25) is 6.43 Å². The number of aromatic nitrogens is 3. The van der Waals surface area contributed by atoms with Gasteiger partial charge in [-0.2, -0.15) is 0 Å². The Kier molecular flexibility index (Phi) is 9.65. The molecule has 7 nitrogen and oxygen atoms in total. The maximum atomic E-state index is 14.7. The average Bonchev–Trinajstić information content (AvgIpc) is 3.28. The van der Waals surface area contributed by atoms with Crippen molar-refractivity contribution in [1.82, 2.24) is 19.4 Å². The lowest BCUT2D eigenvalue weighted by molar-refractivity contribution is 0.0939. The largest absolute Gasteiger partial charge is 0.376 e. The van der Waals surface area contributed by atoms with Crippen LogP contribution < -0.4 is 16.2 Å². The van der Waals surface area contributed by atoms with Gasteiger partial charge < -0.3 is 19.8 Å². The van der Waals surface area contributed by atoms with Crippen molar-refractivity contribution in [3.63, 3.8) is 0 Å². The van der Waals surface area contributed by atoms with E-state index in [0.717, 1.165) is 11.8 Å². The topological polar surface area (TPSA) is 81.0 Å². The monoisotopic (exact) mass is 539 g/mol. The molecule has 12 heteroatoms. The minimum atomic E-state index is -3.02. The number of hydrogen-bond donors (Lipinski definition) is 2. The summed E-state index contributed by atoms with van der Waals surface area (Å²) in [5.74, 6) is -1.79. The molecule has 1 amide bonds. The molecule has 0 fully saturated rings. The summed E-state index contributed by atoms with van der Waals surface area (Å²) in [5, 5.41) is 5.74. The second kappa shape index (κ2) is 12.7. The Morgan fingerprint density at radius 3 is 2.42 bits per heavy atom. The molecule has 1 aromatic carbocycles. The molecule has 2 aromatic heterocycles. The number of nitrogens with zero attached hydrogens (tertiary/aromatic N) is 3. The van der Waals surface area contributed by atoms with Gasteiger partial charge in [-0.25, -0.2) is 26.9 Å². The fraction of sp³-hybridized carbons (Fsp3) is 0.423. The van der Waals surface area contributed by atoms with Crippen molar-refractivity contribution >= 4 is 11.6 Å². The van der Waals surface area contributed by atoms with Gasteiger partial charge in [-0.1, -0.05) is 18.2 Å². The first-order valence-corrected chi connectivity index (χ1v) is 12.1. The maximum absolute atomic E-state index is 14.7. The molecule has 0 aliphatic carbocycles. The lowest BCUT2D eigenvalue weighted by atomic mass is 10.0. The zero-order chi connectivity index (χ0) is 28.0. The fourth-order valence-corrected chi connectivity index (χ4v) is 4.14. The Morgan fingerprint density at radius 2 is 1.79 bits per heavy atom. The predicted octanol–water partition coefficient (Wildman–Crippen LogP) is 5.76. The van der Waals surface area contributed by atoms with Crippen LogP contribution in [-0.4, -0.2) is 26.5 Å². The molecule has 2 heterocycles. The highest BCUT2D eigenvalue weighted by Crippen LogP contribution is 2.28. The zero-order valence-electron chi connectivity index (χ0n) is 21.2. The third kappa shape index (κ3) is 6.99. The molecule has 0 unspecified atom stereocenters. The number of carbonyl (C=O) groups excluding carboxylic acids is 1. The Labute approximate surface area is 216 Å². The van der Waals surface area contributed by atoms with Crippen LogP contribution in [0.15, 0.2) is 47.8 Å². The molecule has 0 spiro atoms. The van der Waals surface area contributed by atoms with Gasteiger partial charge in [0.05, 0.1) is 47.1 Å². The number of carbonyl (C=O) groups is 1. The predicted molar refractivity (Wildman–Crippen MR) is 133 cm³/mol. The van der Waals surface area contributed by atoms with E-state index < -0.39 is 41.7 Å². The molecule has 0 saturated heterocycles. The first-order valence-electron chi connectivity index (χ1n) is 12.1. The van der Waals surface area contributed by atoms with Crippen LogP contribution in [0.25, 0.3) is 0 Å². The summed E-state index contributed by atoms with van der Waals surface area (Å²) >= 11 is 0. The number of unbranched alkanes of at least 4 members (excludes halogenated alkanes) is 1. The summed E-state index contributed by atoms with van der Waals surface area (Å²) in [6, 6.07) is 3.45. The van der Waals surface area contributed by atoms with Gasteiger partial charge in [0.25, 0.3) is 17.9 Å². The first-order chi connectivity index (χ1) is 18.0. The molecular formula is C26H30F5N5O2. The molecule has 0 radical (unpaired) electrons. The smallest absolute Gasteiger partial charge is 0.266 e. The van der Waals surface area contributed by atoms with E-state index >= 15 is 0 Å². The number of halogens is 5. The number of imidazole rings is 1. The summed E-state index contributed by atoms with van der Waals surface area (Å²) in [4.78, 5) is 30.2. The molecule has 3 aromatic rings. The molecular weight excluding hydrogens is 509 g/mol. The number of alkyl halides is 4. The molecule has 2 atom stereocenters. The third-order valence-electron chi connectivity index (χ3n) is 6.22. The lowest BCUT2D eigenvalue weighted by Gasteiger charge is -2.21. The number of hydrogen-bond acceptors (Lipinski definition) is 4. The van der Waals surface area contributed by atoms with Crippen LogP contribution in [0.5, 0.6) is 0 Å². The fourth-order valence-electron chi connectivity index (χ4n) is 4.14. The number of pyridine rings is 1. The number of benzene rings is 1. The van der Waals surface area contributed by atoms with E-state index in [1.165, 1.54) is 35.9 Å². The molecule has 0 bridgehead atoms. The number of amides is 1. The minimum absolute atomic E-state index is 0.0461. The van der Waals surface area contributed by atoms with Gasteiger partial charge in [-0.3, -0.25) is 9.59 Å². The first kappa shape index (κ1) is 28.9. The van der Waals surface area contributed by atoms with Gasteiger partial charge in [0.15, 0.2) is 0 Å². The van der Waals surface area contributed by atoms with E-state index in [1.54, 1.807) is 24.1 Å². The van der Waals surface area contributed by atoms with Crippen molar-refractivity contribution in [3.05, 3.63) is 81.5 Å². The molecule has 0 aliphatic rings. The van der Waals surface area contributed by atoms with Gasteiger partial charge in [0, 0.05) is 37.8 Å². The van der Waals surface area contributed by atoms with Gasteiger partial charge >= 0.3 is 0 Å². The Hall–Kier alpha value is -3.70. The molecule has 206 valence electrons. The number of aryl methyl sites for hydroxylation is 2. The van der Waals surface area contributed by atoms with Gasteiger partial charge in [-0.05, 0) is 26.7 Å². The average molecular weight is 540 g/mol. The quantitative estimate of drug-likeness (QED) is 0.227. The van der Waals surface area contributed by atoms with E-state index in [-0.39, 0.29) is 42.2 Å². The summed E-state index contributed by atoms with van der Waals surface area (Å²) in [7, 11) is 1.79. The third-order valence-corrected chi connectivity index (χ3v) is 6.22. The van der Waals surface area contributed by atoms with Crippen molar-refractivity contribution in [2.24, 2.45) is 7.05 Å². The second-order valence-electron chi connectivity index (χ2n) is 9.06. The van der Waals surface area contributed by atoms with E-state index in [2.05, 4.69) is 15.6 Å². The van der Waals surface area contributed by atoms with Crippen LogP contribution in [0.3, 0.4) is 0 Å². The Balaban J connectivity index is 1.91. The highest BCUT2D eigenvalue weighted by Gasteiger charge is 2.23. The van der Waals surface area contributed by atoms with E-state index in [0.29, 0.717) is 6.42 Å². The van der Waals surface area contributed by atoms with E-state index in [4.69, 9.17) is 0 Å². The Bertz CT molecular complexity index is 1310. The highest BCUT2D eigenvalue weighted by molar-refractivity contribution is 5.99. The Morgan fingerprint density at radius 1 is 1.08 bits per heavy atom. The zero-order valence-corrected chi connectivity index (χ0v) is 21.2. The molecule has 0 saturated carbocycles. The van der Waals surface area contributed by atoms with Crippen molar-refractivity contribution in [2.75, 3.05) is 5.32 Å². The molecule has 0 aliphatic heterocycles. The second-order valence-corrected chi connectivity index (χ2v) is 9.06. The van der Waals surface area contributed by atoms with Crippen LogP contribution in [0.1, 0.15) is 78.8 Å². The van der Waals surface area contributed by atoms with E-state index in [9.17, 15) is 31.5 Å². The van der Waals surface area contributed by atoms with Crippen LogP contribution in [0.2, 0.25) is 0 Å². The normalized spacial score (nSPS) is 13.1. The number of anilines is 1. The van der Waals surface area contributed by atoms with Crippen LogP contribution in [0.4, 0.5) is 27.6 Å². The summed E-state index contributed by atoms with van der Waals surface area (Å²) in [6.07, 6.45) is -0.729. The van der Waals surface area contributed by atoms with Crippen molar-refractivity contribution in [1.29, 1.82) is 0 Å². The summed E-state index contributed by atoms with van der Waals surface area (Å²) in [5.41, 5.74) is -0.319. The van der Waals surface area contributed by atoms with Crippen LogP contribution in [-0.2, 0) is 13.6 Å². The number of nitrogens with one attached hydrogen (secondary N) is 2. The maximum Gasteiger partial charge on any atom is 0.266 e. The standard InChI is InChI=1S/C26H30F5N5O2/c1-15(17-7-6-8-18(24(17)29)25(30)31)34-26(38)19-13-36(10-5-4-9-22(27)28)23(37)11-20(19)33-16(2)21-12-32-14-35(21)3/h6-8,11-16,22,25,33H,4-5,9-10H2,1-3H3,(H,34,38)/t15-,16-/m1/s1. The van der Waals surface area contributed by atoms with Crippen molar-refractivity contribution in [2.45, 2.75) is 64.6 Å². The highest BCUT2D eigenvalue weighted by atomic mass is 19.3. The summed E-state index contributed by atoms with van der Waals surface area (Å²) in [6.45, 7) is 3.38. The van der Waals surface area contributed by atoms with Gasteiger partial charge in [-0.15, -0.1) is 0 Å². The van der Waals surface area contributed by atoms with Crippen LogP contribution >= 0.6 is 0 Å². The molecule has 38 heavy (non-hydrogen) atoms. The number of rotatable bonds is 12. The SMILES string of the molecule is C[C@@H](NC(=O)c1cn(CCCCC(F)F)c(=O)cc1N[C@H](C)c1cncn1C)c1cccc(C(F)F)c1F. The van der Waals surface area contributed by atoms with Crippen LogP contribution in [0, 0.1) is 5.82 Å². The molecule has 2 N–H and O–H groups in total. The molecule has 3 rings (SSSR count). The van der Waals surface area contributed by atoms with Crippen molar-refractivity contribution < 1.29 is 26.7 Å². The lowest BCUT2D eigenvalue weighted by Crippen LogP contribution is -2.31. The van der Waals surface area contributed by atoms with Gasteiger partial charge in [0.1, 0.15) is 5.82 Å². The summed E-state index contributed by atoms with van der Waals surface area (Å²) < 4.78 is 69.0. The van der Waals surface area contributed by atoms with E-state index in [1.807, 2.05) is 6.92 Å².